The average Bonchev–Trinajstić information content (AvgIpc) is 2.80. The zero-order chi connectivity index (χ0) is 29.8. The molecular weight excluding hydrogens is 516 g/mol. The van der Waals surface area contributed by atoms with Gasteiger partial charge in [0.2, 0.25) is 0 Å². The highest BCUT2D eigenvalue weighted by Crippen LogP contribution is 2.51. The number of hydrogen-bond acceptors (Lipinski definition) is 12. The minimum absolute atomic E-state index is 0.0408. The third kappa shape index (κ3) is 7.69. The van der Waals surface area contributed by atoms with E-state index in [1.54, 1.807) is 0 Å². The fourth-order valence-electron chi connectivity index (χ4n) is 5.66. The third-order valence-corrected chi connectivity index (χ3v) is 7.57. The molecule has 1 aliphatic heterocycles. The number of methoxy groups -OCH3 is 1. The van der Waals surface area contributed by atoms with Crippen molar-refractivity contribution in [2.75, 3.05) is 13.7 Å². The van der Waals surface area contributed by atoms with E-state index in [0.29, 0.717) is 12.8 Å². The van der Waals surface area contributed by atoms with Crippen LogP contribution in [0.2, 0.25) is 0 Å². The van der Waals surface area contributed by atoms with Crippen LogP contribution in [0.1, 0.15) is 80.6 Å². The molecule has 0 aromatic heterocycles. The van der Waals surface area contributed by atoms with Crippen molar-refractivity contribution in [3.63, 3.8) is 0 Å². The fourth-order valence-corrected chi connectivity index (χ4v) is 5.66. The highest BCUT2D eigenvalue weighted by atomic mass is 16.7. The number of carbonyl (C=O) groups excluding carboxylic acids is 5. The van der Waals surface area contributed by atoms with Crippen LogP contribution in [0.3, 0.4) is 0 Å². The van der Waals surface area contributed by atoms with Crippen molar-refractivity contribution in [2.24, 2.45) is 11.3 Å². The maximum Gasteiger partial charge on any atom is 0.341 e. The monoisotopic (exact) mass is 558 g/mol. The van der Waals surface area contributed by atoms with Crippen LogP contribution < -0.4 is 0 Å². The predicted octanol–water partition coefficient (Wildman–Crippen LogP) is 2.01. The molecule has 1 heterocycles. The number of rotatable bonds is 8. The molecule has 12 heteroatoms. The van der Waals surface area contributed by atoms with E-state index >= 15 is 0 Å². The average molecular weight is 559 g/mol. The van der Waals surface area contributed by atoms with Gasteiger partial charge in [-0.05, 0) is 37.0 Å². The van der Waals surface area contributed by atoms with Gasteiger partial charge in [-0.2, -0.15) is 0 Å². The van der Waals surface area contributed by atoms with E-state index in [4.69, 9.17) is 28.4 Å². The first kappa shape index (κ1) is 32.5. The number of esters is 5. The second-order valence-corrected chi connectivity index (χ2v) is 11.4. The van der Waals surface area contributed by atoms with Gasteiger partial charge in [0.25, 0.3) is 0 Å². The topological polar surface area (TPSA) is 161 Å². The Labute approximate surface area is 228 Å². The van der Waals surface area contributed by atoms with E-state index < -0.39 is 78.5 Å². The lowest BCUT2D eigenvalue weighted by Gasteiger charge is -2.55. The lowest BCUT2D eigenvalue weighted by Crippen LogP contribution is -2.72. The molecule has 12 nitrogen and oxygen atoms in total. The highest BCUT2D eigenvalue weighted by molar-refractivity contribution is 5.82. The molecule has 2 rings (SSSR count). The Morgan fingerprint density at radius 1 is 0.923 bits per heavy atom. The van der Waals surface area contributed by atoms with Gasteiger partial charge >= 0.3 is 29.8 Å². The van der Waals surface area contributed by atoms with E-state index in [-0.39, 0.29) is 24.2 Å². The summed E-state index contributed by atoms with van der Waals surface area (Å²) in [6.45, 7) is 10.3. The van der Waals surface area contributed by atoms with Gasteiger partial charge in [0.15, 0.2) is 17.8 Å². The summed E-state index contributed by atoms with van der Waals surface area (Å²) < 4.78 is 32.9. The summed E-state index contributed by atoms with van der Waals surface area (Å²) in [5.74, 6) is -3.67. The molecule has 0 amide bonds. The third-order valence-electron chi connectivity index (χ3n) is 7.57. The van der Waals surface area contributed by atoms with E-state index in [1.165, 1.54) is 0 Å². The van der Waals surface area contributed by atoms with Crippen molar-refractivity contribution in [1.82, 2.24) is 0 Å². The largest absolute Gasteiger partial charge is 0.467 e. The van der Waals surface area contributed by atoms with Crippen LogP contribution in [0.25, 0.3) is 0 Å². The van der Waals surface area contributed by atoms with Gasteiger partial charge in [-0.25, -0.2) is 4.79 Å². The Kier molecular flexibility index (Phi) is 10.5. The smallest absolute Gasteiger partial charge is 0.341 e. The lowest BCUT2D eigenvalue weighted by molar-refractivity contribution is -0.300. The van der Waals surface area contributed by atoms with Crippen molar-refractivity contribution < 1.29 is 57.5 Å². The van der Waals surface area contributed by atoms with Gasteiger partial charge in [0.1, 0.15) is 24.4 Å². The molecule has 0 aromatic rings. The first-order valence-corrected chi connectivity index (χ1v) is 13.1. The summed E-state index contributed by atoms with van der Waals surface area (Å²) in [5.41, 5.74) is -3.91. The van der Waals surface area contributed by atoms with Crippen molar-refractivity contribution in [3.8, 4) is 0 Å². The van der Waals surface area contributed by atoms with E-state index in [0.717, 1.165) is 34.8 Å². The van der Waals surface area contributed by atoms with E-state index in [9.17, 15) is 29.1 Å². The molecule has 0 radical (unpaired) electrons. The maximum atomic E-state index is 13.5. The van der Waals surface area contributed by atoms with Crippen LogP contribution in [0.5, 0.6) is 0 Å². The Morgan fingerprint density at radius 2 is 1.49 bits per heavy atom. The minimum Gasteiger partial charge on any atom is -0.467 e. The highest BCUT2D eigenvalue weighted by Gasteiger charge is 2.66. The molecule has 39 heavy (non-hydrogen) atoms. The molecular formula is C27H42O12. The molecule has 0 bridgehead atoms. The molecule has 2 fully saturated rings. The Morgan fingerprint density at radius 3 is 1.92 bits per heavy atom. The summed E-state index contributed by atoms with van der Waals surface area (Å²) in [6, 6.07) is 0. The second kappa shape index (κ2) is 12.6. The SMILES string of the molecule is COC(=O)[C@]1(C2(O)CCC(C(C)(C)C)CC2)C[C@H](OC(C)=O)[C@@H](OC(C)=O)[C@H]([C@@H](COC(C)=O)OC(C)=O)O1. The first-order valence-electron chi connectivity index (χ1n) is 13.1. The Balaban J connectivity index is 2.68. The molecule has 5 atom stereocenters. The fraction of sp³-hybridized carbons (Fsp3) is 0.815. The molecule has 1 aliphatic carbocycles. The van der Waals surface area contributed by atoms with Crippen LogP contribution >= 0.6 is 0 Å². The van der Waals surface area contributed by atoms with Gasteiger partial charge in [-0.1, -0.05) is 20.8 Å². The Bertz CT molecular complexity index is 930. The minimum atomic E-state index is -2.10. The van der Waals surface area contributed by atoms with Gasteiger partial charge in [0.05, 0.1) is 7.11 Å². The molecule has 0 spiro atoms. The van der Waals surface area contributed by atoms with Crippen LogP contribution in [0.4, 0.5) is 0 Å². The van der Waals surface area contributed by atoms with Crippen LogP contribution in [0, 0.1) is 11.3 Å². The van der Waals surface area contributed by atoms with Crippen molar-refractivity contribution in [3.05, 3.63) is 0 Å². The summed E-state index contributed by atoms with van der Waals surface area (Å²) in [7, 11) is 1.13. The summed E-state index contributed by atoms with van der Waals surface area (Å²) in [6.07, 6.45) is -4.51. The number of aliphatic hydroxyl groups is 1. The summed E-state index contributed by atoms with van der Waals surface area (Å²) in [5, 5.41) is 12.1. The normalized spacial score (nSPS) is 31.8. The molecule has 0 aromatic carbocycles. The van der Waals surface area contributed by atoms with Crippen molar-refractivity contribution in [2.45, 2.75) is 116 Å². The number of carbonyl (C=O) groups is 5. The number of hydrogen-bond donors (Lipinski definition) is 1. The zero-order valence-corrected chi connectivity index (χ0v) is 24.1. The molecule has 0 unspecified atom stereocenters. The molecule has 222 valence electrons. The van der Waals surface area contributed by atoms with Crippen LogP contribution in [0.15, 0.2) is 0 Å². The number of ether oxygens (including phenoxy) is 6. The molecule has 1 saturated heterocycles. The molecule has 1 N–H and O–H groups in total. The van der Waals surface area contributed by atoms with Crippen LogP contribution in [-0.4, -0.2) is 84.3 Å². The summed E-state index contributed by atoms with van der Waals surface area (Å²) >= 11 is 0. The van der Waals surface area contributed by atoms with Crippen LogP contribution in [-0.2, 0) is 52.4 Å². The van der Waals surface area contributed by atoms with Gasteiger partial charge in [-0.15, -0.1) is 0 Å². The maximum absolute atomic E-state index is 13.5. The zero-order valence-electron chi connectivity index (χ0n) is 24.1. The molecule has 1 saturated carbocycles. The van der Waals surface area contributed by atoms with E-state index in [1.807, 2.05) is 0 Å². The lowest BCUT2D eigenvalue weighted by atomic mass is 9.62. The Hall–Kier alpha value is -2.73. The predicted molar refractivity (Wildman–Crippen MR) is 134 cm³/mol. The van der Waals surface area contributed by atoms with Crippen molar-refractivity contribution >= 4 is 29.8 Å². The standard InChI is InChI=1S/C27H42O12/c1-15(28)35-14-21(37-17(3)30)23-22(38-18(4)31)20(36-16(2)29)13-27(39-23,24(32)34-8)26(33)11-9-19(10-12-26)25(5,6)7/h19-23,33H,9-14H2,1-8H3/t19?,20-,21+,22+,23-,26?,27-/m0/s1. The molecule has 2 aliphatic rings. The van der Waals surface area contributed by atoms with Gasteiger partial charge in [-0.3, -0.25) is 19.2 Å². The van der Waals surface area contributed by atoms with Crippen molar-refractivity contribution in [1.29, 1.82) is 0 Å². The quantitative estimate of drug-likeness (QED) is 0.341. The van der Waals surface area contributed by atoms with E-state index in [2.05, 4.69) is 20.8 Å². The summed E-state index contributed by atoms with van der Waals surface area (Å²) in [4.78, 5) is 61.4. The van der Waals surface area contributed by atoms with Gasteiger partial charge in [0, 0.05) is 34.1 Å². The van der Waals surface area contributed by atoms with Gasteiger partial charge < -0.3 is 33.5 Å². The second-order valence-electron chi connectivity index (χ2n) is 11.4. The first-order chi connectivity index (χ1) is 18.0.